The Balaban J connectivity index is 2.59. The van der Waals surface area contributed by atoms with E-state index >= 15 is 0 Å². The zero-order chi connectivity index (χ0) is 10.6. The summed E-state index contributed by atoms with van der Waals surface area (Å²) in [5, 5.41) is 0. The molecule has 0 atom stereocenters. The lowest BCUT2D eigenvalue weighted by atomic mass is 10.2. The zero-order valence-electron chi connectivity index (χ0n) is 9.20. The van der Waals surface area contributed by atoms with Crippen LogP contribution in [0.3, 0.4) is 0 Å². The van der Waals surface area contributed by atoms with E-state index in [1.54, 1.807) is 0 Å². The van der Waals surface area contributed by atoms with Crippen LogP contribution in [0.4, 0.5) is 0 Å². The highest BCUT2D eigenvalue weighted by atomic mass is 15.1. The normalized spacial score (nSPS) is 11.3. The van der Waals surface area contributed by atoms with E-state index in [4.69, 9.17) is 5.73 Å². The van der Waals surface area contributed by atoms with E-state index in [9.17, 15) is 0 Å². The highest BCUT2D eigenvalue weighted by molar-refractivity contribution is 5.13. The Hall–Kier alpha value is -0.930. The molecule has 0 spiro atoms. The molecule has 3 heteroatoms. The first kappa shape index (κ1) is 11.1. The maximum Gasteiger partial charge on any atom is 0.0544 e. The molecule has 0 aromatic carbocycles. The second-order valence-electron chi connectivity index (χ2n) is 3.87. The first-order valence-electron chi connectivity index (χ1n) is 4.97. The predicted molar refractivity (Wildman–Crippen MR) is 58.7 cm³/mol. The third-order valence-corrected chi connectivity index (χ3v) is 2.41. The number of pyridine rings is 1. The van der Waals surface area contributed by atoms with Crippen LogP contribution in [-0.2, 0) is 13.1 Å². The maximum atomic E-state index is 5.50. The van der Waals surface area contributed by atoms with Gasteiger partial charge in [-0.1, -0.05) is 6.07 Å². The van der Waals surface area contributed by atoms with Crippen molar-refractivity contribution in [3.05, 3.63) is 29.6 Å². The van der Waals surface area contributed by atoms with Crippen molar-refractivity contribution in [1.29, 1.82) is 0 Å². The Morgan fingerprint density at radius 2 is 2.14 bits per heavy atom. The lowest BCUT2D eigenvalue weighted by molar-refractivity contribution is 0.262. The van der Waals surface area contributed by atoms with E-state index in [1.165, 1.54) is 0 Å². The second kappa shape index (κ2) is 5.08. The number of hydrogen-bond donors (Lipinski definition) is 1. The molecule has 78 valence electrons. The Morgan fingerprint density at radius 3 is 2.57 bits per heavy atom. The Morgan fingerprint density at radius 1 is 1.43 bits per heavy atom. The number of nitrogens with two attached hydrogens (primary N) is 1. The molecule has 0 unspecified atom stereocenters. The molecular formula is C11H19N3. The van der Waals surface area contributed by atoms with Crippen molar-refractivity contribution in [3.63, 3.8) is 0 Å². The van der Waals surface area contributed by atoms with Gasteiger partial charge in [0.2, 0.25) is 0 Å². The minimum atomic E-state index is 0.547. The summed E-state index contributed by atoms with van der Waals surface area (Å²) in [6, 6.07) is 4.63. The summed E-state index contributed by atoms with van der Waals surface area (Å²) >= 11 is 0. The summed E-state index contributed by atoms with van der Waals surface area (Å²) in [7, 11) is 2.10. The molecule has 0 aliphatic carbocycles. The van der Waals surface area contributed by atoms with Crippen molar-refractivity contribution in [2.75, 3.05) is 7.05 Å². The van der Waals surface area contributed by atoms with E-state index < -0.39 is 0 Å². The van der Waals surface area contributed by atoms with Crippen LogP contribution in [0.1, 0.15) is 25.1 Å². The molecule has 0 saturated heterocycles. The van der Waals surface area contributed by atoms with Gasteiger partial charge in [0.1, 0.15) is 0 Å². The average molecular weight is 193 g/mol. The number of rotatable bonds is 4. The molecule has 1 heterocycles. The SMILES string of the molecule is CC(C)N(C)Cc1ccc(CN)cn1. The van der Waals surface area contributed by atoms with Crippen LogP contribution in [-0.4, -0.2) is 23.0 Å². The molecule has 1 rings (SSSR count). The van der Waals surface area contributed by atoms with Crippen LogP contribution in [0.25, 0.3) is 0 Å². The molecule has 14 heavy (non-hydrogen) atoms. The summed E-state index contributed by atoms with van der Waals surface area (Å²) in [6.45, 7) is 5.80. The van der Waals surface area contributed by atoms with Gasteiger partial charge < -0.3 is 5.73 Å². The molecule has 0 radical (unpaired) electrons. The summed E-state index contributed by atoms with van der Waals surface area (Å²) < 4.78 is 0. The highest BCUT2D eigenvalue weighted by Gasteiger charge is 2.04. The van der Waals surface area contributed by atoms with Crippen LogP contribution in [0.15, 0.2) is 18.3 Å². The summed E-state index contributed by atoms with van der Waals surface area (Å²) in [5.41, 5.74) is 7.68. The van der Waals surface area contributed by atoms with Crippen molar-refractivity contribution >= 4 is 0 Å². The van der Waals surface area contributed by atoms with Gasteiger partial charge in [0, 0.05) is 25.3 Å². The van der Waals surface area contributed by atoms with Crippen molar-refractivity contribution in [1.82, 2.24) is 9.88 Å². The summed E-state index contributed by atoms with van der Waals surface area (Å²) in [4.78, 5) is 6.60. The quantitative estimate of drug-likeness (QED) is 0.785. The van der Waals surface area contributed by atoms with Crippen molar-refractivity contribution in [2.24, 2.45) is 5.73 Å². The third-order valence-electron chi connectivity index (χ3n) is 2.41. The highest BCUT2D eigenvalue weighted by Crippen LogP contribution is 2.04. The zero-order valence-corrected chi connectivity index (χ0v) is 9.20. The fourth-order valence-electron chi connectivity index (χ4n) is 1.11. The van der Waals surface area contributed by atoms with Gasteiger partial charge in [0.15, 0.2) is 0 Å². The molecular weight excluding hydrogens is 174 g/mol. The molecule has 0 aliphatic rings. The molecule has 0 saturated carbocycles. The van der Waals surface area contributed by atoms with Crippen molar-refractivity contribution in [3.8, 4) is 0 Å². The van der Waals surface area contributed by atoms with E-state index in [0.29, 0.717) is 12.6 Å². The molecule has 2 N–H and O–H groups in total. The minimum Gasteiger partial charge on any atom is -0.326 e. The lowest BCUT2D eigenvalue weighted by Crippen LogP contribution is -2.26. The Labute approximate surface area is 85.9 Å². The van der Waals surface area contributed by atoms with Gasteiger partial charge in [-0.15, -0.1) is 0 Å². The number of nitrogens with zero attached hydrogens (tertiary/aromatic N) is 2. The Bertz CT molecular complexity index is 266. The second-order valence-corrected chi connectivity index (χ2v) is 3.87. The largest absolute Gasteiger partial charge is 0.326 e. The summed E-state index contributed by atoms with van der Waals surface area (Å²) in [6.07, 6.45) is 1.85. The van der Waals surface area contributed by atoms with Gasteiger partial charge in [-0.05, 0) is 32.5 Å². The van der Waals surface area contributed by atoms with Crippen LogP contribution < -0.4 is 5.73 Å². The number of hydrogen-bond acceptors (Lipinski definition) is 3. The fourth-order valence-corrected chi connectivity index (χ4v) is 1.11. The summed E-state index contributed by atoms with van der Waals surface area (Å²) in [5.74, 6) is 0. The van der Waals surface area contributed by atoms with Gasteiger partial charge in [-0.25, -0.2) is 0 Å². The smallest absolute Gasteiger partial charge is 0.0544 e. The van der Waals surface area contributed by atoms with Gasteiger partial charge in [0.05, 0.1) is 5.69 Å². The molecule has 1 aromatic rings. The van der Waals surface area contributed by atoms with Crippen molar-refractivity contribution in [2.45, 2.75) is 33.0 Å². The van der Waals surface area contributed by atoms with Gasteiger partial charge in [-0.2, -0.15) is 0 Å². The average Bonchev–Trinajstić information content (AvgIpc) is 2.19. The first-order valence-corrected chi connectivity index (χ1v) is 4.97. The monoisotopic (exact) mass is 193 g/mol. The van der Waals surface area contributed by atoms with Crippen LogP contribution in [0.2, 0.25) is 0 Å². The lowest BCUT2D eigenvalue weighted by Gasteiger charge is -2.20. The van der Waals surface area contributed by atoms with Gasteiger partial charge in [-0.3, -0.25) is 9.88 Å². The van der Waals surface area contributed by atoms with Crippen molar-refractivity contribution < 1.29 is 0 Å². The van der Waals surface area contributed by atoms with Crippen LogP contribution in [0, 0.1) is 0 Å². The molecule has 0 aliphatic heterocycles. The van der Waals surface area contributed by atoms with Gasteiger partial charge in [0.25, 0.3) is 0 Å². The fraction of sp³-hybridized carbons (Fsp3) is 0.545. The van der Waals surface area contributed by atoms with Crippen LogP contribution in [0.5, 0.6) is 0 Å². The maximum absolute atomic E-state index is 5.50. The minimum absolute atomic E-state index is 0.547. The standard InChI is InChI=1S/C11H19N3/c1-9(2)14(3)8-11-5-4-10(6-12)7-13-11/h4-5,7,9H,6,8,12H2,1-3H3. The molecule has 0 fully saturated rings. The van der Waals surface area contributed by atoms with E-state index in [2.05, 4.69) is 30.8 Å². The first-order chi connectivity index (χ1) is 6.63. The topological polar surface area (TPSA) is 42.1 Å². The molecule has 3 nitrogen and oxygen atoms in total. The predicted octanol–water partition coefficient (Wildman–Crippen LogP) is 1.38. The number of aromatic nitrogens is 1. The van der Waals surface area contributed by atoms with Crippen LogP contribution >= 0.6 is 0 Å². The van der Waals surface area contributed by atoms with E-state index in [-0.39, 0.29) is 0 Å². The molecule has 0 bridgehead atoms. The third kappa shape index (κ3) is 3.09. The molecule has 0 amide bonds. The Kier molecular flexibility index (Phi) is 4.04. The van der Waals surface area contributed by atoms with E-state index in [0.717, 1.165) is 17.8 Å². The molecule has 1 aromatic heterocycles. The van der Waals surface area contributed by atoms with E-state index in [1.807, 2.05) is 18.3 Å². The van der Waals surface area contributed by atoms with Gasteiger partial charge >= 0.3 is 0 Å².